The van der Waals surface area contributed by atoms with Gasteiger partial charge in [0.05, 0.1) is 6.10 Å². The van der Waals surface area contributed by atoms with Gasteiger partial charge in [-0.1, -0.05) is 20.8 Å². The van der Waals surface area contributed by atoms with Crippen LogP contribution in [0.25, 0.3) is 0 Å². The molecule has 0 saturated carbocycles. The van der Waals surface area contributed by atoms with Gasteiger partial charge in [0.15, 0.2) is 0 Å². The predicted octanol–water partition coefficient (Wildman–Crippen LogP) is 4.47. The molecule has 0 aliphatic carbocycles. The van der Waals surface area contributed by atoms with Gasteiger partial charge in [-0.15, -0.1) is 0 Å². The Morgan fingerprint density at radius 1 is 1.33 bits per heavy atom. The zero-order chi connectivity index (χ0) is 15.5. The highest BCUT2D eigenvalue weighted by Gasteiger charge is 2.38. The maximum Gasteiger partial charge on any atom is 0.125 e. The van der Waals surface area contributed by atoms with E-state index in [1.54, 1.807) is 0 Å². The van der Waals surface area contributed by atoms with Crippen molar-refractivity contribution in [2.24, 2.45) is 0 Å². The number of rotatable bonds is 6. The first-order valence-electron chi connectivity index (χ1n) is 8.24. The first kappa shape index (κ1) is 16.2. The Morgan fingerprint density at radius 2 is 2.05 bits per heavy atom. The zero-order valence-electron chi connectivity index (χ0n) is 14.0. The highest BCUT2D eigenvalue weighted by molar-refractivity contribution is 5.44. The van der Waals surface area contributed by atoms with E-state index in [0.29, 0.717) is 6.04 Å². The highest BCUT2D eigenvalue weighted by atomic mass is 16.5. The molecule has 0 saturated heterocycles. The molecule has 1 aliphatic rings. The summed E-state index contributed by atoms with van der Waals surface area (Å²) in [6.07, 6.45) is 4.33. The minimum absolute atomic E-state index is 0.0419. The molecular weight excluding hydrogens is 262 g/mol. The second-order valence-electron chi connectivity index (χ2n) is 6.07. The van der Waals surface area contributed by atoms with Gasteiger partial charge in [0, 0.05) is 18.0 Å². The molecule has 21 heavy (non-hydrogen) atoms. The van der Waals surface area contributed by atoms with Crippen molar-refractivity contribution in [2.75, 3.05) is 7.05 Å². The Kier molecular flexibility index (Phi) is 5.15. The van der Waals surface area contributed by atoms with Crippen LogP contribution in [0.5, 0.6) is 11.5 Å². The van der Waals surface area contributed by atoms with Gasteiger partial charge in [0.1, 0.15) is 17.1 Å². The van der Waals surface area contributed by atoms with Gasteiger partial charge in [-0.3, -0.25) is 0 Å². The Morgan fingerprint density at radius 3 is 2.62 bits per heavy atom. The summed E-state index contributed by atoms with van der Waals surface area (Å²) in [6.45, 7) is 8.66. The van der Waals surface area contributed by atoms with Crippen molar-refractivity contribution in [2.45, 2.75) is 71.1 Å². The molecule has 1 aromatic rings. The van der Waals surface area contributed by atoms with E-state index < -0.39 is 0 Å². The lowest BCUT2D eigenvalue weighted by Crippen LogP contribution is -2.42. The zero-order valence-corrected chi connectivity index (χ0v) is 14.0. The SMILES string of the molecule is CCC(C)Oc1ccc2c(c1)C(NC)CC(CC)(CC)O2. The van der Waals surface area contributed by atoms with Crippen LogP contribution >= 0.6 is 0 Å². The third-order valence-corrected chi connectivity index (χ3v) is 4.81. The second kappa shape index (κ2) is 6.69. The molecular formula is C18H29NO2. The average Bonchev–Trinajstić information content (AvgIpc) is 2.53. The minimum atomic E-state index is -0.0419. The fourth-order valence-corrected chi connectivity index (χ4v) is 2.98. The van der Waals surface area contributed by atoms with Crippen molar-refractivity contribution in [1.29, 1.82) is 0 Å². The molecule has 1 N–H and O–H groups in total. The van der Waals surface area contributed by atoms with Crippen molar-refractivity contribution in [3.05, 3.63) is 23.8 Å². The van der Waals surface area contributed by atoms with E-state index in [1.807, 2.05) is 13.1 Å². The number of fused-ring (bicyclic) bond motifs is 1. The number of nitrogens with one attached hydrogen (secondary N) is 1. The molecule has 0 radical (unpaired) electrons. The quantitative estimate of drug-likeness (QED) is 0.839. The van der Waals surface area contributed by atoms with Gasteiger partial charge in [-0.05, 0) is 51.4 Å². The fourth-order valence-electron chi connectivity index (χ4n) is 2.98. The largest absolute Gasteiger partial charge is 0.491 e. The van der Waals surface area contributed by atoms with Gasteiger partial charge >= 0.3 is 0 Å². The molecule has 2 rings (SSSR count). The molecule has 1 aliphatic heterocycles. The lowest BCUT2D eigenvalue weighted by Gasteiger charge is -2.41. The smallest absolute Gasteiger partial charge is 0.125 e. The van der Waals surface area contributed by atoms with Crippen LogP contribution in [0.1, 0.15) is 65.0 Å². The van der Waals surface area contributed by atoms with Crippen molar-refractivity contribution in [1.82, 2.24) is 5.32 Å². The fraction of sp³-hybridized carbons (Fsp3) is 0.667. The van der Waals surface area contributed by atoms with Crippen LogP contribution in [0.4, 0.5) is 0 Å². The van der Waals surface area contributed by atoms with Crippen LogP contribution in [-0.4, -0.2) is 18.8 Å². The maximum atomic E-state index is 6.34. The van der Waals surface area contributed by atoms with Crippen LogP contribution in [0, 0.1) is 0 Å². The summed E-state index contributed by atoms with van der Waals surface area (Å²) in [6, 6.07) is 6.56. The number of hydrogen-bond donors (Lipinski definition) is 1. The van der Waals surface area contributed by atoms with E-state index in [-0.39, 0.29) is 11.7 Å². The highest BCUT2D eigenvalue weighted by Crippen LogP contribution is 2.43. The normalized spacial score (nSPS) is 21.3. The average molecular weight is 291 g/mol. The lowest BCUT2D eigenvalue weighted by molar-refractivity contribution is 0.0236. The number of hydrogen-bond acceptors (Lipinski definition) is 3. The molecule has 0 aromatic heterocycles. The summed E-state index contributed by atoms with van der Waals surface area (Å²) >= 11 is 0. The first-order valence-corrected chi connectivity index (χ1v) is 8.24. The monoisotopic (exact) mass is 291 g/mol. The summed E-state index contributed by atoms with van der Waals surface area (Å²) < 4.78 is 12.3. The topological polar surface area (TPSA) is 30.5 Å². The molecule has 2 atom stereocenters. The maximum absolute atomic E-state index is 6.34. The first-order chi connectivity index (χ1) is 10.1. The van der Waals surface area contributed by atoms with Crippen LogP contribution in [0.2, 0.25) is 0 Å². The lowest BCUT2D eigenvalue weighted by atomic mass is 9.83. The Hall–Kier alpha value is -1.22. The molecule has 1 heterocycles. The summed E-state index contributed by atoms with van der Waals surface area (Å²) in [5, 5.41) is 3.44. The van der Waals surface area contributed by atoms with Crippen LogP contribution in [0.3, 0.4) is 0 Å². The molecule has 3 nitrogen and oxygen atoms in total. The number of benzene rings is 1. The number of ether oxygens (including phenoxy) is 2. The van der Waals surface area contributed by atoms with Gasteiger partial charge in [-0.2, -0.15) is 0 Å². The van der Waals surface area contributed by atoms with Crippen LogP contribution < -0.4 is 14.8 Å². The van der Waals surface area contributed by atoms with Crippen LogP contribution in [-0.2, 0) is 0 Å². The molecule has 0 bridgehead atoms. The van der Waals surface area contributed by atoms with Crippen molar-refractivity contribution in [3.63, 3.8) is 0 Å². The molecule has 3 heteroatoms. The van der Waals surface area contributed by atoms with E-state index in [2.05, 4.69) is 45.1 Å². The summed E-state index contributed by atoms with van der Waals surface area (Å²) in [5.41, 5.74) is 1.18. The van der Waals surface area contributed by atoms with Crippen molar-refractivity contribution >= 4 is 0 Å². The molecule has 118 valence electrons. The van der Waals surface area contributed by atoms with E-state index in [0.717, 1.165) is 37.2 Å². The summed E-state index contributed by atoms with van der Waals surface area (Å²) in [4.78, 5) is 0. The van der Waals surface area contributed by atoms with E-state index >= 15 is 0 Å². The molecule has 0 amide bonds. The third kappa shape index (κ3) is 3.34. The molecule has 0 spiro atoms. The predicted molar refractivity (Wildman–Crippen MR) is 87.2 cm³/mol. The molecule has 1 aromatic carbocycles. The minimum Gasteiger partial charge on any atom is -0.491 e. The van der Waals surface area contributed by atoms with E-state index in [9.17, 15) is 0 Å². The van der Waals surface area contributed by atoms with Gasteiger partial charge in [0.25, 0.3) is 0 Å². The van der Waals surface area contributed by atoms with Crippen molar-refractivity contribution < 1.29 is 9.47 Å². The van der Waals surface area contributed by atoms with Crippen molar-refractivity contribution in [3.8, 4) is 11.5 Å². The van der Waals surface area contributed by atoms with Gasteiger partial charge in [-0.25, -0.2) is 0 Å². The standard InChI is InChI=1S/C18H29NO2/c1-6-13(4)20-14-9-10-17-15(11-14)16(19-5)12-18(7-2,8-3)21-17/h9-11,13,16,19H,6-8,12H2,1-5H3. The van der Waals surface area contributed by atoms with Gasteiger partial charge in [0.2, 0.25) is 0 Å². The summed E-state index contributed by atoms with van der Waals surface area (Å²) in [5.74, 6) is 1.94. The Labute approximate surface area is 129 Å². The Balaban J connectivity index is 2.30. The third-order valence-electron chi connectivity index (χ3n) is 4.81. The second-order valence-corrected chi connectivity index (χ2v) is 6.07. The van der Waals surface area contributed by atoms with E-state index in [1.165, 1.54) is 5.56 Å². The molecule has 0 fully saturated rings. The molecule has 2 unspecified atom stereocenters. The van der Waals surface area contributed by atoms with E-state index in [4.69, 9.17) is 9.47 Å². The summed E-state index contributed by atoms with van der Waals surface area (Å²) in [7, 11) is 2.03. The van der Waals surface area contributed by atoms with Gasteiger partial charge < -0.3 is 14.8 Å². The Bertz CT molecular complexity index is 468. The van der Waals surface area contributed by atoms with Crippen LogP contribution in [0.15, 0.2) is 18.2 Å².